The fourth-order valence-corrected chi connectivity index (χ4v) is 6.06. The van der Waals surface area contributed by atoms with Crippen molar-refractivity contribution in [3.63, 3.8) is 0 Å². The number of benzene rings is 3. The van der Waals surface area contributed by atoms with Crippen LogP contribution in [0.1, 0.15) is 53.3 Å². The van der Waals surface area contributed by atoms with Gasteiger partial charge in [-0.2, -0.15) is 0 Å². The second-order valence-corrected chi connectivity index (χ2v) is 12.7. The number of carbonyl (C=O) groups excluding carboxylic acids is 3. The van der Waals surface area contributed by atoms with E-state index in [1.807, 2.05) is 30.3 Å². The van der Waals surface area contributed by atoms with Crippen LogP contribution >= 0.6 is 0 Å². The first kappa shape index (κ1) is 41.4. The van der Waals surface area contributed by atoms with E-state index in [1.54, 1.807) is 30.3 Å². The van der Waals surface area contributed by atoms with Crippen LogP contribution < -0.4 is 20.7 Å². The zero-order valence-electron chi connectivity index (χ0n) is 29.7. The summed E-state index contributed by atoms with van der Waals surface area (Å²) in [6.45, 7) is 0.166. The molecule has 4 rings (SSSR count). The minimum absolute atomic E-state index is 0.0338. The van der Waals surface area contributed by atoms with Crippen LogP contribution in [0.4, 0.5) is 0 Å². The number of aliphatic hydroxyl groups is 3. The Hall–Kier alpha value is -5.39. The summed E-state index contributed by atoms with van der Waals surface area (Å²) >= 11 is 0. The highest BCUT2D eigenvalue weighted by atomic mass is 16.7. The number of hydrogen-bond acceptors (Lipinski definition) is 11. The third kappa shape index (κ3) is 10.4. The molecule has 16 nitrogen and oxygen atoms in total. The van der Waals surface area contributed by atoms with E-state index >= 15 is 0 Å². The van der Waals surface area contributed by atoms with Gasteiger partial charge < -0.3 is 55.7 Å². The first-order valence-electron chi connectivity index (χ1n) is 17.2. The van der Waals surface area contributed by atoms with Gasteiger partial charge in [-0.25, -0.2) is 4.79 Å². The second kappa shape index (κ2) is 19.1. The molecule has 16 heteroatoms. The van der Waals surface area contributed by atoms with Crippen LogP contribution in [-0.2, 0) is 23.9 Å². The van der Waals surface area contributed by atoms with Crippen molar-refractivity contribution in [3.8, 4) is 16.9 Å². The zero-order chi connectivity index (χ0) is 39.4. The van der Waals surface area contributed by atoms with Gasteiger partial charge in [0.05, 0.1) is 31.9 Å². The molecule has 7 atom stereocenters. The van der Waals surface area contributed by atoms with Crippen LogP contribution in [0.25, 0.3) is 11.1 Å². The van der Waals surface area contributed by atoms with E-state index in [0.717, 1.165) is 18.1 Å². The van der Waals surface area contributed by atoms with E-state index in [-0.39, 0.29) is 37.0 Å². The highest BCUT2D eigenvalue weighted by Crippen LogP contribution is 2.35. The number of amides is 3. The predicted octanol–water partition coefficient (Wildman–Crippen LogP) is 1.32. The third-order valence-electron chi connectivity index (χ3n) is 8.89. The largest absolute Gasteiger partial charge is 0.497 e. The molecule has 1 heterocycles. The summed E-state index contributed by atoms with van der Waals surface area (Å²) in [5.41, 5.74) is 2.07. The molecular formula is C38H45N3O13. The Morgan fingerprint density at radius 1 is 0.815 bits per heavy atom. The van der Waals surface area contributed by atoms with E-state index in [1.165, 1.54) is 25.3 Å². The number of unbranched alkanes of at least 4 members (excludes halogenated alkanes) is 2. The molecule has 3 amide bonds. The molecule has 0 spiro atoms. The van der Waals surface area contributed by atoms with Crippen LogP contribution in [0, 0.1) is 0 Å². The number of aliphatic hydroxyl groups excluding tert-OH is 3. The molecule has 8 N–H and O–H groups in total. The SMILES string of the molecule is COc1cccc(C(=O)N[C@@H]2[C@@H](NC(C)=O)[C@H]([C@H](O)[C@H](O)CNC(=O)c3ccc(-c4ccccc4)cc3)O[C@@](OCCCCCC(=O)O)(C(=O)O)[C@H]2O)c1. The Morgan fingerprint density at radius 2 is 1.50 bits per heavy atom. The summed E-state index contributed by atoms with van der Waals surface area (Å²) in [4.78, 5) is 62.8. The van der Waals surface area contributed by atoms with E-state index in [0.29, 0.717) is 12.2 Å². The second-order valence-electron chi connectivity index (χ2n) is 12.7. The van der Waals surface area contributed by atoms with E-state index in [4.69, 9.17) is 19.3 Å². The maximum absolute atomic E-state index is 13.5. The van der Waals surface area contributed by atoms with Crippen molar-refractivity contribution in [2.45, 2.75) is 74.9 Å². The lowest BCUT2D eigenvalue weighted by atomic mass is 9.84. The molecule has 3 aromatic rings. The Labute approximate surface area is 311 Å². The molecule has 0 aromatic heterocycles. The number of aliphatic carboxylic acids is 2. The number of nitrogens with one attached hydrogen (secondary N) is 3. The van der Waals surface area contributed by atoms with E-state index in [2.05, 4.69) is 16.0 Å². The lowest BCUT2D eigenvalue weighted by Gasteiger charge is -2.50. The van der Waals surface area contributed by atoms with Crippen LogP contribution in [-0.4, -0.2) is 118 Å². The minimum atomic E-state index is -2.97. The summed E-state index contributed by atoms with van der Waals surface area (Å²) in [5.74, 6) is -7.70. The van der Waals surface area contributed by atoms with Gasteiger partial charge in [-0.3, -0.25) is 19.2 Å². The Balaban J connectivity index is 1.60. The van der Waals surface area contributed by atoms with Gasteiger partial charge in [0.25, 0.3) is 17.6 Å². The quantitative estimate of drug-likeness (QED) is 0.0856. The number of carboxylic acids is 2. The number of carbonyl (C=O) groups is 5. The molecule has 1 aliphatic heterocycles. The molecule has 0 saturated carbocycles. The van der Waals surface area contributed by atoms with Gasteiger partial charge in [0.2, 0.25) is 5.91 Å². The zero-order valence-corrected chi connectivity index (χ0v) is 29.7. The van der Waals surface area contributed by atoms with Crippen LogP contribution in [0.2, 0.25) is 0 Å². The Bertz CT molecular complexity index is 1760. The molecule has 1 saturated heterocycles. The van der Waals surface area contributed by atoms with Crippen LogP contribution in [0.15, 0.2) is 78.9 Å². The molecule has 0 radical (unpaired) electrons. The standard InChI is InChI=1S/C38H45N3O13/c1-22(42)40-30-31(41-36(49)26-12-9-13-27(20-26)52-2)34(47)38(37(50)51,53-19-8-4-7-14-29(44)45)54-33(30)32(46)28(43)21-39-35(48)25-17-15-24(16-18-25)23-10-5-3-6-11-23/h3,5-6,9-13,15-18,20,28,30-34,43,46-47H,4,7-8,14,19,21H2,1-2H3,(H,39,48)(H,40,42)(H,41,49)(H,44,45)(H,50,51)/t28-,30-,31-,32-,33-,34+,38-/m1/s1. The van der Waals surface area contributed by atoms with Gasteiger partial charge in [-0.15, -0.1) is 0 Å². The van der Waals surface area contributed by atoms with Crippen molar-refractivity contribution >= 4 is 29.7 Å². The van der Waals surface area contributed by atoms with Crippen molar-refractivity contribution in [1.82, 2.24) is 16.0 Å². The topological polar surface area (TPSA) is 250 Å². The van der Waals surface area contributed by atoms with Crippen molar-refractivity contribution in [3.05, 3.63) is 90.0 Å². The van der Waals surface area contributed by atoms with E-state index in [9.17, 15) is 44.4 Å². The molecule has 1 aliphatic rings. The summed E-state index contributed by atoms with van der Waals surface area (Å²) in [6, 6.07) is 18.7. The highest BCUT2D eigenvalue weighted by molar-refractivity contribution is 5.95. The van der Waals surface area contributed by atoms with Crippen LogP contribution in [0.3, 0.4) is 0 Å². The summed E-state index contributed by atoms with van der Waals surface area (Å²) < 4.78 is 16.6. The first-order chi connectivity index (χ1) is 25.8. The molecule has 0 bridgehead atoms. The van der Waals surface area contributed by atoms with Crippen molar-refractivity contribution in [2.24, 2.45) is 0 Å². The van der Waals surface area contributed by atoms with Crippen molar-refractivity contribution in [2.75, 3.05) is 20.3 Å². The maximum atomic E-state index is 13.5. The number of rotatable bonds is 18. The average Bonchev–Trinajstić information content (AvgIpc) is 3.16. The van der Waals surface area contributed by atoms with Gasteiger partial charge in [-0.1, -0.05) is 55.0 Å². The summed E-state index contributed by atoms with van der Waals surface area (Å²) in [5, 5.41) is 61.2. The molecule has 0 aliphatic carbocycles. The Morgan fingerprint density at radius 3 is 2.13 bits per heavy atom. The normalized spacial score (nSPS) is 21.9. The molecular weight excluding hydrogens is 706 g/mol. The number of hydrogen-bond donors (Lipinski definition) is 8. The molecule has 3 aromatic carbocycles. The lowest BCUT2D eigenvalue weighted by molar-refractivity contribution is -0.333. The van der Waals surface area contributed by atoms with Crippen LogP contribution in [0.5, 0.6) is 5.75 Å². The van der Waals surface area contributed by atoms with Crippen molar-refractivity contribution < 1.29 is 63.7 Å². The minimum Gasteiger partial charge on any atom is -0.497 e. The predicted molar refractivity (Wildman–Crippen MR) is 191 cm³/mol. The fourth-order valence-electron chi connectivity index (χ4n) is 6.06. The molecule has 0 unspecified atom stereocenters. The average molecular weight is 752 g/mol. The smallest absolute Gasteiger partial charge is 0.367 e. The fraction of sp³-hybridized carbons (Fsp3) is 0.395. The van der Waals surface area contributed by atoms with Gasteiger partial charge in [0.1, 0.15) is 24.1 Å². The van der Waals surface area contributed by atoms with E-state index < -0.39 is 78.5 Å². The molecule has 54 heavy (non-hydrogen) atoms. The van der Waals surface area contributed by atoms with Gasteiger partial charge in [-0.05, 0) is 54.3 Å². The molecule has 290 valence electrons. The number of ether oxygens (including phenoxy) is 3. The molecule has 1 fully saturated rings. The van der Waals surface area contributed by atoms with Gasteiger partial charge in [0, 0.05) is 31.0 Å². The summed E-state index contributed by atoms with van der Waals surface area (Å²) in [6.07, 6.45) is -7.42. The Kier molecular flexibility index (Phi) is 14.6. The monoisotopic (exact) mass is 751 g/mol. The number of carboxylic acid groups (broad SMARTS) is 2. The number of methoxy groups -OCH3 is 1. The third-order valence-corrected chi connectivity index (χ3v) is 8.89. The summed E-state index contributed by atoms with van der Waals surface area (Å²) in [7, 11) is 1.38. The lowest BCUT2D eigenvalue weighted by Crippen LogP contribution is -2.77. The highest BCUT2D eigenvalue weighted by Gasteiger charge is 2.62. The maximum Gasteiger partial charge on any atom is 0.367 e. The first-order valence-corrected chi connectivity index (χ1v) is 17.2. The van der Waals surface area contributed by atoms with Crippen molar-refractivity contribution in [1.29, 1.82) is 0 Å². The van der Waals surface area contributed by atoms with Gasteiger partial charge in [0.15, 0.2) is 0 Å². The van der Waals surface area contributed by atoms with Gasteiger partial charge >= 0.3 is 11.9 Å².